The highest BCUT2D eigenvalue weighted by Crippen LogP contribution is 2.32. The average Bonchev–Trinajstić information content (AvgIpc) is 3.28. The molecule has 1 fully saturated rings. The molecule has 0 atom stereocenters. The Balaban J connectivity index is 1.12. The van der Waals surface area contributed by atoms with Crippen LogP contribution in [0.2, 0.25) is 0 Å². The van der Waals surface area contributed by atoms with Crippen LogP contribution in [0.3, 0.4) is 0 Å². The van der Waals surface area contributed by atoms with E-state index < -0.39 is 0 Å². The van der Waals surface area contributed by atoms with E-state index in [1.807, 2.05) is 60.5 Å². The first kappa shape index (κ1) is 25.9. The van der Waals surface area contributed by atoms with Crippen LogP contribution in [-0.2, 0) is 0 Å². The van der Waals surface area contributed by atoms with Gasteiger partial charge in [0.15, 0.2) is 11.4 Å². The molecular formula is C30H29N9O2. The Morgan fingerprint density at radius 1 is 0.976 bits per heavy atom. The van der Waals surface area contributed by atoms with E-state index in [1.54, 1.807) is 18.3 Å². The van der Waals surface area contributed by atoms with Gasteiger partial charge in [0, 0.05) is 45.0 Å². The van der Waals surface area contributed by atoms with Crippen LogP contribution in [-0.4, -0.2) is 70.0 Å². The molecule has 3 N–H and O–H groups in total. The van der Waals surface area contributed by atoms with Crippen LogP contribution < -0.4 is 20.4 Å². The number of anilines is 4. The molecule has 0 aliphatic carbocycles. The van der Waals surface area contributed by atoms with Crippen molar-refractivity contribution in [1.82, 2.24) is 25.1 Å². The van der Waals surface area contributed by atoms with E-state index in [2.05, 4.69) is 41.8 Å². The van der Waals surface area contributed by atoms with Gasteiger partial charge in [-0.1, -0.05) is 30.2 Å². The molecule has 41 heavy (non-hydrogen) atoms. The quantitative estimate of drug-likeness (QED) is 0.313. The summed E-state index contributed by atoms with van der Waals surface area (Å²) in [6.07, 6.45) is 2.64. The number of aromatic hydroxyl groups is 1. The number of phenols is 1. The Hall–Kier alpha value is -5.37. The molecule has 206 valence electrons. The van der Waals surface area contributed by atoms with Gasteiger partial charge in [-0.15, -0.1) is 10.2 Å². The van der Waals surface area contributed by atoms with E-state index in [4.69, 9.17) is 15.1 Å². The molecule has 11 heteroatoms. The zero-order chi connectivity index (χ0) is 28.2. The highest BCUT2D eigenvalue weighted by atomic mass is 16.4. The summed E-state index contributed by atoms with van der Waals surface area (Å²) in [6.45, 7) is 3.50. The number of nitrogen functional groups attached to an aromatic ring is 1. The second kappa shape index (κ2) is 11.4. The van der Waals surface area contributed by atoms with Crippen molar-refractivity contribution >= 4 is 34.4 Å². The summed E-state index contributed by atoms with van der Waals surface area (Å²) in [5.74, 6) is 8.00. The zero-order valence-electron chi connectivity index (χ0n) is 22.6. The second-order valence-electron chi connectivity index (χ2n) is 9.71. The van der Waals surface area contributed by atoms with E-state index in [0.717, 1.165) is 55.2 Å². The monoisotopic (exact) mass is 547 g/mol. The smallest absolute Gasteiger partial charge is 0.298 e. The molecular weight excluding hydrogens is 518 g/mol. The Bertz CT molecular complexity index is 1710. The lowest BCUT2D eigenvalue weighted by Gasteiger charge is -2.25. The highest BCUT2D eigenvalue weighted by molar-refractivity contribution is 5.75. The Kier molecular flexibility index (Phi) is 7.19. The van der Waals surface area contributed by atoms with Gasteiger partial charge < -0.3 is 30.0 Å². The van der Waals surface area contributed by atoms with E-state index in [-0.39, 0.29) is 5.75 Å². The third-order valence-electron chi connectivity index (χ3n) is 6.91. The zero-order valence-corrected chi connectivity index (χ0v) is 22.6. The molecule has 6 rings (SSSR count). The van der Waals surface area contributed by atoms with E-state index >= 15 is 0 Å². The van der Waals surface area contributed by atoms with Gasteiger partial charge in [0.05, 0.1) is 17.9 Å². The lowest BCUT2D eigenvalue weighted by Crippen LogP contribution is -2.31. The highest BCUT2D eigenvalue weighted by Gasteiger charge is 2.20. The first-order valence-electron chi connectivity index (χ1n) is 13.4. The number of rotatable bonds is 5. The number of hydrogen-bond acceptors (Lipinski definition) is 11. The molecule has 1 aliphatic rings. The third-order valence-corrected chi connectivity index (χ3v) is 6.91. The summed E-state index contributed by atoms with van der Waals surface area (Å²) in [7, 11) is 1.89. The van der Waals surface area contributed by atoms with E-state index in [9.17, 15) is 5.11 Å². The number of phenolic OH excluding ortho intramolecular Hbond substituents is 1. The Morgan fingerprint density at radius 2 is 1.78 bits per heavy atom. The lowest BCUT2D eigenvalue weighted by atomic mass is 10.1. The molecule has 0 amide bonds. The van der Waals surface area contributed by atoms with Crippen molar-refractivity contribution in [1.29, 1.82) is 0 Å². The fourth-order valence-electron chi connectivity index (χ4n) is 4.77. The fourth-order valence-corrected chi connectivity index (χ4v) is 4.77. The summed E-state index contributed by atoms with van der Waals surface area (Å²) < 4.78 is 5.80. The largest absolute Gasteiger partial charge is 0.507 e. The van der Waals surface area contributed by atoms with E-state index in [0.29, 0.717) is 35.5 Å². The molecule has 1 saturated heterocycles. The van der Waals surface area contributed by atoms with Gasteiger partial charge in [-0.3, -0.25) is 0 Å². The average molecular weight is 548 g/mol. The Labute approximate surface area is 237 Å². The predicted molar refractivity (Wildman–Crippen MR) is 159 cm³/mol. The third kappa shape index (κ3) is 5.67. The number of benzene rings is 2. The minimum Gasteiger partial charge on any atom is -0.507 e. The van der Waals surface area contributed by atoms with Gasteiger partial charge in [-0.2, -0.15) is 4.98 Å². The minimum absolute atomic E-state index is 0.153. The van der Waals surface area contributed by atoms with Crippen LogP contribution in [0.1, 0.15) is 12.2 Å². The molecule has 0 spiro atoms. The van der Waals surface area contributed by atoms with Gasteiger partial charge in [0.2, 0.25) is 5.82 Å². The molecule has 11 nitrogen and oxygen atoms in total. The summed E-state index contributed by atoms with van der Waals surface area (Å²) in [5, 5.41) is 18.7. The maximum absolute atomic E-state index is 10.3. The standard InChI is InChI=1S/C30H29N9O2/c1-37(30-33-22-9-3-5-11-26(22)41-30)15-6-12-27-32-14-13-28(34-27)39-17-7-16-38(18-19-39)24-20-23(35-36-29(24)31)21-8-2-4-10-25(21)40/h2-5,8-11,13-14,20,40H,7,15-19H2,1H3,(H2,31,36). The second-order valence-corrected chi connectivity index (χ2v) is 9.71. The Morgan fingerprint density at radius 3 is 2.66 bits per heavy atom. The summed E-state index contributed by atoms with van der Waals surface area (Å²) >= 11 is 0. The number of nitrogens with two attached hydrogens (primary N) is 1. The van der Waals surface area contributed by atoms with Gasteiger partial charge in [0.1, 0.15) is 17.1 Å². The van der Waals surface area contributed by atoms with Crippen LogP contribution in [0.4, 0.5) is 23.3 Å². The van der Waals surface area contributed by atoms with Crippen LogP contribution in [0.15, 0.2) is 71.3 Å². The van der Waals surface area contributed by atoms with Crippen molar-refractivity contribution in [2.75, 3.05) is 60.2 Å². The molecule has 0 saturated carbocycles. The number of para-hydroxylation sites is 3. The van der Waals surface area contributed by atoms with Crippen molar-refractivity contribution in [3.05, 3.63) is 72.7 Å². The molecule has 5 aromatic rings. The molecule has 0 unspecified atom stereocenters. The number of fused-ring (bicyclic) bond motifs is 1. The van der Waals surface area contributed by atoms with Gasteiger partial charge in [0.25, 0.3) is 6.01 Å². The molecule has 4 heterocycles. The molecule has 1 aliphatic heterocycles. The van der Waals surface area contributed by atoms with Crippen molar-refractivity contribution < 1.29 is 9.52 Å². The maximum atomic E-state index is 10.3. The van der Waals surface area contributed by atoms with Gasteiger partial charge >= 0.3 is 0 Å². The van der Waals surface area contributed by atoms with E-state index in [1.165, 1.54) is 0 Å². The SMILES string of the molecule is CN(CC#Cc1nccc(N2CCCN(c3cc(-c4ccccc4O)nnc3N)CC2)n1)c1nc2ccccc2o1. The van der Waals surface area contributed by atoms with Gasteiger partial charge in [-0.05, 0) is 48.7 Å². The summed E-state index contributed by atoms with van der Waals surface area (Å²) in [5.41, 5.74) is 9.79. The topological polar surface area (TPSA) is 134 Å². The first-order chi connectivity index (χ1) is 20.0. The number of oxazole rings is 1. The molecule has 3 aromatic heterocycles. The normalized spacial score (nSPS) is 13.5. The van der Waals surface area contributed by atoms with Crippen LogP contribution >= 0.6 is 0 Å². The maximum Gasteiger partial charge on any atom is 0.298 e. The summed E-state index contributed by atoms with van der Waals surface area (Å²) in [6, 6.07) is 19.0. The number of aromatic nitrogens is 5. The van der Waals surface area contributed by atoms with Crippen molar-refractivity contribution in [3.8, 4) is 28.8 Å². The molecule has 0 radical (unpaired) electrons. The predicted octanol–water partition coefficient (Wildman–Crippen LogP) is 3.57. The molecule has 0 bridgehead atoms. The van der Waals surface area contributed by atoms with Crippen LogP contribution in [0.25, 0.3) is 22.4 Å². The van der Waals surface area contributed by atoms with Crippen LogP contribution in [0, 0.1) is 11.8 Å². The lowest BCUT2D eigenvalue weighted by molar-refractivity contribution is 0.477. The number of hydrogen-bond donors (Lipinski definition) is 2. The summed E-state index contributed by atoms with van der Waals surface area (Å²) in [4.78, 5) is 19.9. The van der Waals surface area contributed by atoms with Gasteiger partial charge in [-0.25, -0.2) is 9.97 Å². The first-order valence-corrected chi connectivity index (χ1v) is 13.4. The fraction of sp³-hybridized carbons (Fsp3) is 0.233. The van der Waals surface area contributed by atoms with Crippen LogP contribution in [0.5, 0.6) is 5.75 Å². The van der Waals surface area contributed by atoms with Crippen molar-refractivity contribution in [3.63, 3.8) is 0 Å². The van der Waals surface area contributed by atoms with Crippen molar-refractivity contribution in [2.24, 2.45) is 0 Å². The molecule has 2 aromatic carbocycles. The van der Waals surface area contributed by atoms with Crippen molar-refractivity contribution in [2.45, 2.75) is 6.42 Å². The minimum atomic E-state index is 0.153. The number of nitrogens with zero attached hydrogens (tertiary/aromatic N) is 8.